The topological polar surface area (TPSA) is 78.9 Å². The van der Waals surface area contributed by atoms with Gasteiger partial charge in [-0.1, -0.05) is 231 Å². The molecule has 1 atom stereocenters. The molecule has 0 N–H and O–H groups in total. The van der Waals surface area contributed by atoms with E-state index in [4.69, 9.17) is 14.2 Å². The van der Waals surface area contributed by atoms with Crippen LogP contribution in [-0.2, 0) is 28.6 Å². The first-order valence-electron chi connectivity index (χ1n) is 28.3. The van der Waals surface area contributed by atoms with Crippen molar-refractivity contribution in [1.29, 1.82) is 0 Å². The smallest absolute Gasteiger partial charge is 0.306 e. The molecule has 6 nitrogen and oxygen atoms in total. The predicted molar refractivity (Wildman–Crippen MR) is 306 cm³/mol. The van der Waals surface area contributed by atoms with Gasteiger partial charge >= 0.3 is 17.9 Å². The van der Waals surface area contributed by atoms with Crippen LogP contribution >= 0.6 is 0 Å². The zero-order valence-corrected chi connectivity index (χ0v) is 45.4. The first-order chi connectivity index (χ1) is 35.0. The van der Waals surface area contributed by atoms with E-state index in [1.54, 1.807) is 0 Å². The second-order valence-corrected chi connectivity index (χ2v) is 18.1. The number of ether oxygens (including phenoxy) is 3. The Morgan fingerprint density at radius 3 is 0.986 bits per heavy atom. The molecule has 0 aromatic carbocycles. The third-order valence-electron chi connectivity index (χ3n) is 11.3. The number of hydrogen-bond acceptors (Lipinski definition) is 6. The number of carbonyl (C=O) groups excluding carboxylic acids is 3. The van der Waals surface area contributed by atoms with Crippen LogP contribution in [0.2, 0.25) is 0 Å². The fourth-order valence-corrected chi connectivity index (χ4v) is 7.09. The van der Waals surface area contributed by atoms with Crippen LogP contribution in [0, 0.1) is 0 Å². The quantitative estimate of drug-likeness (QED) is 0.0262. The summed E-state index contributed by atoms with van der Waals surface area (Å²) in [6, 6.07) is 0. The molecule has 0 aliphatic carbocycles. The summed E-state index contributed by atoms with van der Waals surface area (Å²) in [4.78, 5) is 38.1. The summed E-state index contributed by atoms with van der Waals surface area (Å²) >= 11 is 0. The van der Waals surface area contributed by atoms with Crippen LogP contribution in [0.1, 0.15) is 226 Å². The van der Waals surface area contributed by atoms with Gasteiger partial charge in [0.25, 0.3) is 0 Å². The lowest BCUT2D eigenvalue weighted by Crippen LogP contribution is -2.30. The maximum absolute atomic E-state index is 12.8. The maximum Gasteiger partial charge on any atom is 0.306 e. The van der Waals surface area contributed by atoms with E-state index >= 15 is 0 Å². The highest BCUT2D eigenvalue weighted by Gasteiger charge is 2.19. The Labute approximate surface area is 436 Å². The van der Waals surface area contributed by atoms with Crippen LogP contribution in [0.15, 0.2) is 146 Å². The van der Waals surface area contributed by atoms with E-state index in [2.05, 4.69) is 142 Å². The Morgan fingerprint density at radius 1 is 0.296 bits per heavy atom. The zero-order chi connectivity index (χ0) is 51.4. The average Bonchev–Trinajstić information content (AvgIpc) is 3.37. The van der Waals surface area contributed by atoms with Crippen molar-refractivity contribution >= 4 is 17.9 Å². The summed E-state index contributed by atoms with van der Waals surface area (Å²) in [6.07, 6.45) is 82.8. The highest BCUT2D eigenvalue weighted by atomic mass is 16.6. The minimum Gasteiger partial charge on any atom is -0.462 e. The van der Waals surface area contributed by atoms with Crippen molar-refractivity contribution in [3.63, 3.8) is 0 Å². The lowest BCUT2D eigenvalue weighted by molar-refractivity contribution is -0.166. The van der Waals surface area contributed by atoms with Gasteiger partial charge in [0, 0.05) is 19.3 Å². The summed E-state index contributed by atoms with van der Waals surface area (Å²) < 4.78 is 16.7. The van der Waals surface area contributed by atoms with Gasteiger partial charge in [0.2, 0.25) is 0 Å². The predicted octanol–water partition coefficient (Wildman–Crippen LogP) is 19.2. The monoisotopic (exact) mass is 979 g/mol. The first-order valence-corrected chi connectivity index (χ1v) is 28.3. The summed E-state index contributed by atoms with van der Waals surface area (Å²) in [5.74, 6) is -1.13. The Bertz CT molecular complexity index is 1590. The van der Waals surface area contributed by atoms with E-state index in [-0.39, 0.29) is 38.0 Å². The van der Waals surface area contributed by atoms with Crippen LogP contribution in [0.25, 0.3) is 0 Å². The highest BCUT2D eigenvalue weighted by molar-refractivity contribution is 5.71. The van der Waals surface area contributed by atoms with Gasteiger partial charge in [0.05, 0.1) is 0 Å². The minimum atomic E-state index is -0.858. The first kappa shape index (κ1) is 66.3. The van der Waals surface area contributed by atoms with E-state index in [0.717, 1.165) is 96.3 Å². The van der Waals surface area contributed by atoms with Crippen LogP contribution in [0.5, 0.6) is 0 Å². The molecule has 0 radical (unpaired) electrons. The molecule has 398 valence electrons. The van der Waals surface area contributed by atoms with Crippen LogP contribution in [0.4, 0.5) is 0 Å². The van der Waals surface area contributed by atoms with Crippen molar-refractivity contribution in [2.45, 2.75) is 232 Å². The second-order valence-electron chi connectivity index (χ2n) is 18.1. The summed E-state index contributed by atoms with van der Waals surface area (Å²) in [5.41, 5.74) is 0. The Kier molecular flexibility index (Phi) is 54.0. The molecule has 0 aromatic heterocycles. The number of allylic oxidation sites excluding steroid dienone is 24. The molecule has 0 heterocycles. The third-order valence-corrected chi connectivity index (χ3v) is 11.3. The standard InChI is InChI=1S/C65H102O6/c1-4-7-10-13-16-19-22-25-28-30-32-34-37-40-43-46-49-52-55-58-64(67)70-61-62(60-69-63(66)57-54-51-48-45-42-39-36-27-24-21-18-15-12-9-6-3)71-65(68)59-56-53-50-47-44-41-38-35-33-31-29-26-23-20-17-14-11-8-5-2/h7,10,16-17,19-20,25-29,32-36,40-41,43-44,49-50,52-53,62H,4-6,8-9,11-15,18,21-24,30-31,37-39,42,45-48,51,54-61H2,1-3H3/b10-7-,19-16-,20-17-,28-25-,29-26-,34-32-,35-33-,36-27-,43-40-,44-41-,52-49-,53-50-/t62-/m0/s1. The SMILES string of the molecule is CC/C=C\C/C=C\C/C=C\C/C=C\C/C=C\C/C=C\CCC(=O)OC[C@H](COC(=O)CCCCCCC/C=C\CCCCCCCC)OC(=O)CC/C=C\C/C=C\C/C=C\C/C=C\C/C=C\CCCCC. The zero-order valence-electron chi connectivity index (χ0n) is 45.4. The van der Waals surface area contributed by atoms with Crippen LogP contribution < -0.4 is 0 Å². The molecule has 0 bridgehead atoms. The molecule has 0 aromatic rings. The maximum atomic E-state index is 12.8. The molecule has 0 unspecified atom stereocenters. The fraction of sp³-hybridized carbons (Fsp3) is 0.585. The summed E-state index contributed by atoms with van der Waals surface area (Å²) in [6.45, 7) is 6.34. The van der Waals surface area contributed by atoms with Crippen LogP contribution in [-0.4, -0.2) is 37.2 Å². The lowest BCUT2D eigenvalue weighted by atomic mass is 10.1. The summed E-state index contributed by atoms with van der Waals surface area (Å²) in [5, 5.41) is 0. The number of carbonyl (C=O) groups is 3. The van der Waals surface area contributed by atoms with Crippen molar-refractivity contribution in [2.75, 3.05) is 13.2 Å². The Morgan fingerprint density at radius 2 is 0.577 bits per heavy atom. The van der Waals surface area contributed by atoms with Crippen molar-refractivity contribution < 1.29 is 28.6 Å². The number of unbranched alkanes of at least 4 members (excludes halogenated alkanes) is 14. The van der Waals surface area contributed by atoms with Gasteiger partial charge in [0.1, 0.15) is 13.2 Å². The number of rotatable bonds is 49. The van der Waals surface area contributed by atoms with Crippen molar-refractivity contribution in [3.8, 4) is 0 Å². The lowest BCUT2D eigenvalue weighted by Gasteiger charge is -2.18. The van der Waals surface area contributed by atoms with E-state index in [9.17, 15) is 14.4 Å². The van der Waals surface area contributed by atoms with Gasteiger partial charge in [-0.3, -0.25) is 14.4 Å². The van der Waals surface area contributed by atoms with E-state index in [0.29, 0.717) is 19.3 Å². The number of esters is 3. The fourth-order valence-electron chi connectivity index (χ4n) is 7.09. The Balaban J connectivity index is 4.65. The molecule has 0 rings (SSSR count). The van der Waals surface area contributed by atoms with Gasteiger partial charge in [-0.05, 0) is 122 Å². The summed E-state index contributed by atoms with van der Waals surface area (Å²) in [7, 11) is 0. The average molecular weight is 980 g/mol. The van der Waals surface area contributed by atoms with Crippen molar-refractivity contribution in [3.05, 3.63) is 146 Å². The minimum absolute atomic E-state index is 0.141. The van der Waals surface area contributed by atoms with Gasteiger partial charge in [-0.2, -0.15) is 0 Å². The van der Waals surface area contributed by atoms with Gasteiger partial charge < -0.3 is 14.2 Å². The molecule has 0 spiro atoms. The molecule has 71 heavy (non-hydrogen) atoms. The Hall–Kier alpha value is -4.71. The van der Waals surface area contributed by atoms with Crippen LogP contribution in [0.3, 0.4) is 0 Å². The molecular formula is C65H102O6. The molecule has 0 saturated heterocycles. The molecule has 0 fully saturated rings. The van der Waals surface area contributed by atoms with E-state index in [1.165, 1.54) is 77.0 Å². The van der Waals surface area contributed by atoms with Gasteiger partial charge in [-0.25, -0.2) is 0 Å². The van der Waals surface area contributed by atoms with Gasteiger partial charge in [0.15, 0.2) is 6.10 Å². The molecule has 0 saturated carbocycles. The largest absolute Gasteiger partial charge is 0.462 e. The molecule has 0 aliphatic rings. The van der Waals surface area contributed by atoms with Crippen molar-refractivity contribution in [2.24, 2.45) is 0 Å². The van der Waals surface area contributed by atoms with E-state index in [1.807, 2.05) is 24.3 Å². The van der Waals surface area contributed by atoms with Crippen molar-refractivity contribution in [1.82, 2.24) is 0 Å². The number of hydrogen-bond donors (Lipinski definition) is 0. The van der Waals surface area contributed by atoms with E-state index < -0.39 is 12.1 Å². The highest BCUT2D eigenvalue weighted by Crippen LogP contribution is 2.12. The molecule has 6 heteroatoms. The molecular weight excluding hydrogens is 877 g/mol. The normalized spacial score (nSPS) is 13.2. The third kappa shape index (κ3) is 56.1. The molecule has 0 amide bonds. The molecule has 0 aliphatic heterocycles. The second kappa shape index (κ2) is 57.9. The van der Waals surface area contributed by atoms with Gasteiger partial charge in [-0.15, -0.1) is 0 Å².